The summed E-state index contributed by atoms with van der Waals surface area (Å²) in [6, 6.07) is 14.5. The molecule has 152 valence electrons. The molecule has 0 amide bonds. The Morgan fingerprint density at radius 2 is 1.69 bits per heavy atom. The average Bonchev–Trinajstić information content (AvgIpc) is 3.09. The zero-order valence-corrected chi connectivity index (χ0v) is 18.2. The molecule has 0 aliphatic rings. The van der Waals surface area contributed by atoms with Crippen LogP contribution in [0.3, 0.4) is 0 Å². The molecule has 1 aromatic heterocycles. The number of carbonyl (C=O) groups excluding carboxylic acids is 1. The van der Waals surface area contributed by atoms with E-state index >= 15 is 0 Å². The van der Waals surface area contributed by atoms with Crippen molar-refractivity contribution in [2.24, 2.45) is 0 Å². The number of rotatable bonds is 7. The Labute approximate surface area is 175 Å². The molecule has 0 aliphatic heterocycles. The predicted molar refractivity (Wildman–Crippen MR) is 116 cm³/mol. The van der Waals surface area contributed by atoms with Gasteiger partial charge in [0.25, 0.3) is 0 Å². The molecule has 7 heteroatoms. The first-order valence-electron chi connectivity index (χ1n) is 9.18. The quantitative estimate of drug-likeness (QED) is 0.557. The highest BCUT2D eigenvalue weighted by atomic mass is 32.2. The van der Waals surface area contributed by atoms with Crippen molar-refractivity contribution < 1.29 is 17.9 Å². The van der Waals surface area contributed by atoms with Crippen LogP contribution in [0.5, 0.6) is 5.06 Å². The molecule has 3 aromatic rings. The van der Waals surface area contributed by atoms with Gasteiger partial charge in [0.05, 0.1) is 11.3 Å². The molecule has 0 bridgehead atoms. The topological polar surface area (TPSA) is 72.5 Å². The molecule has 1 N–H and O–H groups in total. The number of esters is 1. The molecule has 0 saturated heterocycles. The first-order chi connectivity index (χ1) is 13.8. The smallest absolute Gasteiger partial charge is 0.313 e. The average molecular weight is 430 g/mol. The van der Waals surface area contributed by atoms with Crippen molar-refractivity contribution in [1.29, 1.82) is 0 Å². The minimum atomic E-state index is -3.64. The second kappa shape index (κ2) is 8.90. The Balaban J connectivity index is 1.57. The van der Waals surface area contributed by atoms with Crippen molar-refractivity contribution in [3.63, 3.8) is 0 Å². The van der Waals surface area contributed by atoms with Gasteiger partial charge < -0.3 is 4.74 Å². The normalized spacial score (nSPS) is 11.4. The summed E-state index contributed by atoms with van der Waals surface area (Å²) in [6.45, 7) is 5.96. The molecule has 0 spiro atoms. The summed E-state index contributed by atoms with van der Waals surface area (Å²) < 4.78 is 32.3. The van der Waals surface area contributed by atoms with Crippen molar-refractivity contribution in [2.75, 3.05) is 6.54 Å². The number of carbonyl (C=O) groups is 1. The number of sulfonamides is 1. The number of aryl methyl sites for hydroxylation is 3. The van der Waals surface area contributed by atoms with E-state index in [0.717, 1.165) is 27.8 Å². The van der Waals surface area contributed by atoms with Gasteiger partial charge >= 0.3 is 5.97 Å². The molecule has 0 unspecified atom stereocenters. The minimum absolute atomic E-state index is 0.0236. The van der Waals surface area contributed by atoms with E-state index in [-0.39, 0.29) is 17.9 Å². The summed E-state index contributed by atoms with van der Waals surface area (Å²) in [6.07, 6.45) is -0.0539. The summed E-state index contributed by atoms with van der Waals surface area (Å²) in [5, 5.41) is 2.45. The number of hydrogen-bond donors (Lipinski definition) is 1. The second-order valence-corrected chi connectivity index (χ2v) is 9.50. The molecule has 0 aliphatic carbocycles. The van der Waals surface area contributed by atoms with Crippen LogP contribution in [0.25, 0.3) is 11.1 Å². The van der Waals surface area contributed by atoms with E-state index in [4.69, 9.17) is 4.74 Å². The van der Waals surface area contributed by atoms with Crippen molar-refractivity contribution >= 4 is 27.3 Å². The Kier molecular flexibility index (Phi) is 6.52. The largest absolute Gasteiger partial charge is 0.415 e. The number of nitrogens with one attached hydrogen (secondary N) is 1. The van der Waals surface area contributed by atoms with E-state index in [0.29, 0.717) is 5.06 Å². The summed E-state index contributed by atoms with van der Waals surface area (Å²) >= 11 is 1.35. The van der Waals surface area contributed by atoms with Crippen LogP contribution in [0, 0.1) is 20.8 Å². The Morgan fingerprint density at radius 1 is 1.03 bits per heavy atom. The van der Waals surface area contributed by atoms with Gasteiger partial charge in [0.1, 0.15) is 0 Å². The predicted octanol–water partition coefficient (Wildman–Crippen LogP) is 4.61. The first-order valence-corrected chi connectivity index (χ1v) is 11.5. The lowest BCUT2D eigenvalue weighted by Crippen LogP contribution is -2.27. The molecule has 0 atom stereocenters. The van der Waals surface area contributed by atoms with E-state index in [9.17, 15) is 13.2 Å². The Hall–Kier alpha value is -2.48. The third kappa shape index (κ3) is 5.32. The van der Waals surface area contributed by atoms with Crippen LogP contribution < -0.4 is 9.46 Å². The summed E-state index contributed by atoms with van der Waals surface area (Å²) in [5.41, 5.74) is 5.44. The van der Waals surface area contributed by atoms with Crippen molar-refractivity contribution in [3.05, 3.63) is 70.6 Å². The van der Waals surface area contributed by atoms with Gasteiger partial charge in [-0.15, -0.1) is 11.3 Å². The number of benzene rings is 2. The fourth-order valence-electron chi connectivity index (χ4n) is 3.02. The van der Waals surface area contributed by atoms with Gasteiger partial charge in [0, 0.05) is 18.0 Å². The first kappa shape index (κ1) is 21.2. The Morgan fingerprint density at radius 3 is 2.34 bits per heavy atom. The third-order valence-electron chi connectivity index (χ3n) is 4.51. The molecule has 0 radical (unpaired) electrons. The van der Waals surface area contributed by atoms with Gasteiger partial charge in [-0.1, -0.05) is 35.9 Å². The summed E-state index contributed by atoms with van der Waals surface area (Å²) in [4.78, 5) is 12.3. The SMILES string of the molecule is Cc1ccc(S(=O)(=O)NCCC(=O)Oc2cc(-c3c(C)cccc3C)cs2)cc1. The van der Waals surface area contributed by atoms with Crippen LogP contribution in [-0.2, 0) is 14.8 Å². The molecule has 0 saturated carbocycles. The van der Waals surface area contributed by atoms with Crippen molar-refractivity contribution in [3.8, 4) is 16.2 Å². The van der Waals surface area contributed by atoms with Crippen LogP contribution in [0.15, 0.2) is 58.8 Å². The lowest BCUT2D eigenvalue weighted by Gasteiger charge is -2.07. The fraction of sp³-hybridized carbons (Fsp3) is 0.227. The lowest BCUT2D eigenvalue weighted by atomic mass is 9.98. The second-order valence-electron chi connectivity index (χ2n) is 6.86. The van der Waals surface area contributed by atoms with Gasteiger partial charge in [0.2, 0.25) is 10.0 Å². The van der Waals surface area contributed by atoms with Gasteiger partial charge in [-0.05, 0) is 55.2 Å². The summed E-state index contributed by atoms with van der Waals surface area (Å²) in [5.74, 6) is -0.480. The Bertz CT molecular complexity index is 1100. The van der Waals surface area contributed by atoms with Crippen LogP contribution in [0.4, 0.5) is 0 Å². The van der Waals surface area contributed by atoms with Crippen molar-refractivity contribution in [1.82, 2.24) is 4.72 Å². The van der Waals surface area contributed by atoms with E-state index in [1.807, 2.05) is 50.4 Å². The van der Waals surface area contributed by atoms with Crippen LogP contribution >= 0.6 is 11.3 Å². The third-order valence-corrected chi connectivity index (χ3v) is 6.79. The summed E-state index contributed by atoms with van der Waals surface area (Å²) in [7, 11) is -3.64. The van der Waals surface area contributed by atoms with Gasteiger partial charge in [0.15, 0.2) is 5.06 Å². The van der Waals surface area contributed by atoms with Gasteiger partial charge in [-0.25, -0.2) is 13.1 Å². The fourth-order valence-corrected chi connectivity index (χ4v) is 4.82. The zero-order valence-electron chi connectivity index (χ0n) is 16.6. The van der Waals surface area contributed by atoms with E-state index in [1.54, 1.807) is 12.1 Å². The molecule has 5 nitrogen and oxygen atoms in total. The van der Waals surface area contributed by atoms with Crippen LogP contribution in [0.1, 0.15) is 23.1 Å². The minimum Gasteiger partial charge on any atom is -0.415 e. The van der Waals surface area contributed by atoms with Gasteiger partial charge in [-0.2, -0.15) is 0 Å². The molecule has 3 rings (SSSR count). The standard InChI is InChI=1S/C22H23NO4S2/c1-15-7-9-19(10-8-15)29(25,26)23-12-11-20(24)27-21-13-18(14-28-21)22-16(2)5-4-6-17(22)3/h4-10,13-14,23H,11-12H2,1-3H3. The molecule has 0 fully saturated rings. The zero-order chi connectivity index (χ0) is 21.0. The van der Waals surface area contributed by atoms with Crippen molar-refractivity contribution in [2.45, 2.75) is 32.1 Å². The number of hydrogen-bond acceptors (Lipinski definition) is 5. The molecule has 29 heavy (non-hydrogen) atoms. The maximum Gasteiger partial charge on any atom is 0.313 e. The highest BCUT2D eigenvalue weighted by Gasteiger charge is 2.15. The molecular weight excluding hydrogens is 406 g/mol. The lowest BCUT2D eigenvalue weighted by molar-refractivity contribution is -0.133. The highest BCUT2D eigenvalue weighted by molar-refractivity contribution is 7.89. The van der Waals surface area contributed by atoms with E-state index in [2.05, 4.69) is 4.72 Å². The molecular formula is C22H23NO4S2. The maximum absolute atomic E-state index is 12.2. The highest BCUT2D eigenvalue weighted by Crippen LogP contribution is 2.34. The monoisotopic (exact) mass is 429 g/mol. The van der Waals surface area contributed by atoms with Gasteiger partial charge in [-0.3, -0.25) is 4.79 Å². The van der Waals surface area contributed by atoms with E-state index in [1.165, 1.54) is 23.5 Å². The number of thiophene rings is 1. The van der Waals surface area contributed by atoms with Crippen LogP contribution in [0.2, 0.25) is 0 Å². The van der Waals surface area contributed by atoms with E-state index < -0.39 is 16.0 Å². The number of ether oxygens (including phenoxy) is 1. The van der Waals surface area contributed by atoms with Crippen LogP contribution in [-0.4, -0.2) is 20.9 Å². The molecule has 1 heterocycles. The maximum atomic E-state index is 12.2. The molecule has 2 aromatic carbocycles.